The molecule has 0 aliphatic heterocycles. The molecule has 0 saturated heterocycles. The minimum absolute atomic E-state index is 0.198. The van der Waals surface area contributed by atoms with Crippen molar-refractivity contribution in [3.63, 3.8) is 0 Å². The highest BCUT2D eigenvalue weighted by Gasteiger charge is 2.21. The summed E-state index contributed by atoms with van der Waals surface area (Å²) in [6.07, 6.45) is 3.31. The number of anilines is 1. The van der Waals surface area contributed by atoms with E-state index < -0.39 is 11.9 Å². The Kier molecular flexibility index (Phi) is 6.47. The number of hydrogen-bond donors (Lipinski definition) is 3. The minimum atomic E-state index is -0.609. The maximum Gasteiger partial charge on any atom is 0.265 e. The number of primary amides is 1. The third kappa shape index (κ3) is 4.72. The van der Waals surface area contributed by atoms with Gasteiger partial charge < -0.3 is 20.7 Å². The second-order valence-corrected chi connectivity index (χ2v) is 7.83. The predicted molar refractivity (Wildman–Crippen MR) is 117 cm³/mol. The topological polar surface area (TPSA) is 93.2 Å². The first-order valence-electron chi connectivity index (χ1n) is 9.10. The molecule has 0 aliphatic carbocycles. The van der Waals surface area contributed by atoms with E-state index in [1.54, 1.807) is 41.2 Å². The van der Waals surface area contributed by atoms with Gasteiger partial charge in [0.05, 0.1) is 17.7 Å². The van der Waals surface area contributed by atoms with Gasteiger partial charge in [0.2, 0.25) is 0 Å². The molecule has 3 aromatic rings. The summed E-state index contributed by atoms with van der Waals surface area (Å²) in [5.41, 5.74) is 8.02. The Hall–Kier alpha value is -2.54. The first-order chi connectivity index (χ1) is 13.8. The van der Waals surface area contributed by atoms with E-state index in [0.717, 1.165) is 5.56 Å². The van der Waals surface area contributed by atoms with Crippen molar-refractivity contribution in [3.05, 3.63) is 70.1 Å². The van der Waals surface area contributed by atoms with Gasteiger partial charge in [-0.3, -0.25) is 4.79 Å². The fraction of sp³-hybridized carbons (Fsp3) is 0.238. The number of nitrogens with zero attached hydrogens (tertiary/aromatic N) is 2. The van der Waals surface area contributed by atoms with Crippen LogP contribution in [0.1, 0.15) is 35.9 Å². The van der Waals surface area contributed by atoms with Crippen molar-refractivity contribution in [2.75, 3.05) is 11.9 Å². The van der Waals surface area contributed by atoms with Gasteiger partial charge in [-0.15, -0.1) is 0 Å². The highest BCUT2D eigenvalue weighted by Crippen LogP contribution is 2.33. The summed E-state index contributed by atoms with van der Waals surface area (Å²) < 4.78 is 1.65. The van der Waals surface area contributed by atoms with Crippen LogP contribution in [-0.2, 0) is 0 Å². The molecule has 1 amide bonds. The fourth-order valence-corrected chi connectivity index (χ4v) is 3.60. The van der Waals surface area contributed by atoms with Gasteiger partial charge in [-0.25, -0.2) is 4.98 Å². The van der Waals surface area contributed by atoms with Crippen LogP contribution in [0.5, 0.6) is 0 Å². The Morgan fingerprint density at radius 2 is 2.03 bits per heavy atom. The molecule has 29 heavy (non-hydrogen) atoms. The average Bonchev–Trinajstić information content (AvgIpc) is 3.09. The van der Waals surface area contributed by atoms with Gasteiger partial charge in [0, 0.05) is 34.6 Å². The Labute approximate surface area is 179 Å². The molecular formula is C21H22Cl2N4O2. The number of halogens is 2. The number of hydrogen-bond acceptors (Lipinski definition) is 4. The lowest BCUT2D eigenvalue weighted by Gasteiger charge is -2.19. The molecule has 0 radical (unpaired) electrons. The summed E-state index contributed by atoms with van der Waals surface area (Å²) in [5.74, 6) is 0.0590. The molecule has 0 bridgehead atoms. The molecule has 6 nitrogen and oxygen atoms in total. The van der Waals surface area contributed by atoms with Gasteiger partial charge in [0.15, 0.2) is 0 Å². The maximum atomic E-state index is 12.1. The molecule has 0 spiro atoms. The lowest BCUT2D eigenvalue weighted by molar-refractivity contribution is 0.0988. The van der Waals surface area contributed by atoms with Crippen molar-refractivity contribution in [1.82, 2.24) is 9.55 Å². The van der Waals surface area contributed by atoms with Crippen LogP contribution in [0.15, 0.2) is 48.8 Å². The smallest absolute Gasteiger partial charge is 0.265 e. The zero-order valence-corrected chi connectivity index (χ0v) is 17.6. The number of aromatic nitrogens is 2. The van der Waals surface area contributed by atoms with Crippen LogP contribution in [0.25, 0.3) is 11.1 Å². The van der Waals surface area contributed by atoms with E-state index in [9.17, 15) is 9.90 Å². The molecule has 0 fully saturated rings. The summed E-state index contributed by atoms with van der Waals surface area (Å²) in [6, 6.07) is 10.3. The summed E-state index contributed by atoms with van der Waals surface area (Å²) in [6.45, 7) is 3.78. The summed E-state index contributed by atoms with van der Waals surface area (Å²) in [5, 5.41) is 14.3. The molecule has 4 N–H and O–H groups in total. The quantitative estimate of drug-likeness (QED) is 0.516. The van der Waals surface area contributed by atoms with Crippen molar-refractivity contribution >= 4 is 34.9 Å². The minimum Gasteiger partial charge on any atom is -0.394 e. The van der Waals surface area contributed by atoms with Gasteiger partial charge in [-0.2, -0.15) is 0 Å². The largest absolute Gasteiger partial charge is 0.394 e. The predicted octanol–water partition coefficient (Wildman–Crippen LogP) is 4.36. The van der Waals surface area contributed by atoms with E-state index >= 15 is 0 Å². The van der Waals surface area contributed by atoms with E-state index in [2.05, 4.69) is 10.3 Å². The first-order valence-corrected chi connectivity index (χ1v) is 9.86. The molecule has 0 unspecified atom stereocenters. The van der Waals surface area contributed by atoms with Crippen molar-refractivity contribution in [2.24, 2.45) is 5.73 Å². The molecule has 152 valence electrons. The lowest BCUT2D eigenvalue weighted by Crippen LogP contribution is -2.22. The highest BCUT2D eigenvalue weighted by atomic mass is 35.5. The Morgan fingerprint density at radius 1 is 1.28 bits per heavy atom. The third-order valence-electron chi connectivity index (χ3n) is 4.45. The number of aliphatic hydroxyl groups excluding tert-OH is 1. The average molecular weight is 433 g/mol. The molecule has 3 rings (SSSR count). The standard InChI is InChI=1S/C21H22Cl2N4O2/c1-12(2)26-20-8-16(17(23)9-25-20)14-7-18(21(24)29)27(10-14)19(11-28)13-4-3-5-15(22)6-13/h3-10,12,19,28H,11H2,1-2H3,(H2,24,29)(H,25,26)/t19-/m1/s1. The zero-order valence-electron chi connectivity index (χ0n) is 16.1. The van der Waals surface area contributed by atoms with Crippen molar-refractivity contribution in [3.8, 4) is 11.1 Å². The van der Waals surface area contributed by atoms with Gasteiger partial charge in [-0.1, -0.05) is 35.3 Å². The van der Waals surface area contributed by atoms with Crippen LogP contribution in [0.4, 0.5) is 5.82 Å². The van der Waals surface area contributed by atoms with E-state index in [1.165, 1.54) is 0 Å². The zero-order chi connectivity index (χ0) is 21.1. The molecule has 1 atom stereocenters. The number of carbonyl (C=O) groups excluding carboxylic acids is 1. The van der Waals surface area contributed by atoms with E-state index in [0.29, 0.717) is 27.0 Å². The Balaban J connectivity index is 2.11. The first kappa shape index (κ1) is 21.2. The van der Waals surface area contributed by atoms with Gasteiger partial charge in [0.25, 0.3) is 5.91 Å². The van der Waals surface area contributed by atoms with Crippen LogP contribution in [0.2, 0.25) is 10.0 Å². The summed E-state index contributed by atoms with van der Waals surface area (Å²) in [4.78, 5) is 16.4. The molecule has 0 saturated carbocycles. The van der Waals surface area contributed by atoms with Crippen LogP contribution in [-0.4, -0.2) is 33.2 Å². The fourth-order valence-electron chi connectivity index (χ4n) is 3.18. The van der Waals surface area contributed by atoms with E-state index in [4.69, 9.17) is 28.9 Å². The molecule has 0 aliphatic rings. The number of benzene rings is 1. The van der Waals surface area contributed by atoms with Crippen LogP contribution in [0.3, 0.4) is 0 Å². The van der Waals surface area contributed by atoms with Crippen LogP contribution in [0, 0.1) is 0 Å². The number of rotatable bonds is 7. The number of carbonyl (C=O) groups is 1. The summed E-state index contributed by atoms with van der Waals surface area (Å²) in [7, 11) is 0. The SMILES string of the molecule is CC(C)Nc1cc(-c2cc(C(N)=O)n([C@H](CO)c3cccc(Cl)c3)c2)c(Cl)cn1. The second kappa shape index (κ2) is 8.86. The van der Waals surface area contributed by atoms with Gasteiger partial charge in [0.1, 0.15) is 11.5 Å². The number of nitrogens with one attached hydrogen (secondary N) is 1. The van der Waals surface area contributed by atoms with Crippen molar-refractivity contribution < 1.29 is 9.90 Å². The Bertz CT molecular complexity index is 1030. The number of amides is 1. The third-order valence-corrected chi connectivity index (χ3v) is 4.98. The van der Waals surface area contributed by atoms with Gasteiger partial charge in [-0.05, 0) is 43.7 Å². The second-order valence-electron chi connectivity index (χ2n) is 6.99. The number of pyridine rings is 1. The molecular weight excluding hydrogens is 411 g/mol. The number of aliphatic hydroxyl groups is 1. The summed E-state index contributed by atoms with van der Waals surface area (Å²) >= 11 is 12.5. The monoisotopic (exact) mass is 432 g/mol. The Morgan fingerprint density at radius 3 is 2.66 bits per heavy atom. The number of nitrogens with two attached hydrogens (primary N) is 1. The normalized spacial score (nSPS) is 12.2. The maximum absolute atomic E-state index is 12.1. The van der Waals surface area contributed by atoms with Crippen molar-refractivity contribution in [2.45, 2.75) is 25.9 Å². The van der Waals surface area contributed by atoms with E-state index in [1.807, 2.05) is 26.0 Å². The molecule has 8 heteroatoms. The lowest BCUT2D eigenvalue weighted by atomic mass is 10.1. The van der Waals surface area contributed by atoms with Crippen LogP contribution >= 0.6 is 23.2 Å². The molecule has 2 heterocycles. The van der Waals surface area contributed by atoms with E-state index in [-0.39, 0.29) is 18.3 Å². The molecule has 2 aromatic heterocycles. The van der Waals surface area contributed by atoms with Crippen molar-refractivity contribution in [1.29, 1.82) is 0 Å². The van der Waals surface area contributed by atoms with Crippen LogP contribution < -0.4 is 11.1 Å². The highest BCUT2D eigenvalue weighted by molar-refractivity contribution is 6.33. The van der Waals surface area contributed by atoms with Gasteiger partial charge >= 0.3 is 0 Å². The molecule has 1 aromatic carbocycles.